The molecule has 0 spiro atoms. The molecule has 2 aliphatic heterocycles. The van der Waals surface area contributed by atoms with E-state index >= 15 is 0 Å². The third-order valence-corrected chi connectivity index (χ3v) is 5.72. The molecule has 27 heavy (non-hydrogen) atoms. The molecule has 2 heterocycles. The van der Waals surface area contributed by atoms with E-state index in [1.807, 2.05) is 42.5 Å². The minimum atomic E-state index is -1.12. The zero-order chi connectivity index (χ0) is 19.0. The second kappa shape index (κ2) is 7.06. The van der Waals surface area contributed by atoms with Gasteiger partial charge in [0.2, 0.25) is 0 Å². The van der Waals surface area contributed by atoms with E-state index in [9.17, 15) is 5.11 Å². The lowest BCUT2D eigenvalue weighted by atomic mass is 10.0. The number of methoxy groups -OCH3 is 2. The molecule has 0 radical (unpaired) electrons. The first kappa shape index (κ1) is 18.1. The number of aliphatic hydroxyl groups is 1. The summed E-state index contributed by atoms with van der Waals surface area (Å²) in [6.45, 7) is 1.28. The van der Waals surface area contributed by atoms with Crippen LogP contribution in [-0.2, 0) is 5.72 Å². The number of anilines is 1. The van der Waals surface area contributed by atoms with Crippen molar-refractivity contribution in [1.29, 1.82) is 0 Å². The van der Waals surface area contributed by atoms with Crippen molar-refractivity contribution in [1.82, 2.24) is 0 Å². The van der Waals surface area contributed by atoms with Crippen molar-refractivity contribution in [2.75, 3.05) is 32.2 Å². The number of nitrogens with zero attached hydrogens (tertiary/aromatic N) is 2. The molecule has 6 heteroatoms. The molecule has 2 aliphatic rings. The molecule has 1 N–H and O–H groups in total. The van der Waals surface area contributed by atoms with Gasteiger partial charge in [0.15, 0.2) is 18.0 Å². The topological polar surface area (TPSA) is 44.9 Å². The molecule has 1 atom stereocenters. The van der Waals surface area contributed by atoms with Crippen molar-refractivity contribution in [2.24, 2.45) is 0 Å². The van der Waals surface area contributed by atoms with Crippen LogP contribution in [0.1, 0.15) is 24.8 Å². The molecular weight excluding hydrogens is 364 g/mol. The molecular formula is C21H24ClN2O3+. The molecule has 0 saturated heterocycles. The van der Waals surface area contributed by atoms with E-state index in [4.69, 9.17) is 21.1 Å². The van der Waals surface area contributed by atoms with E-state index in [2.05, 4.69) is 9.48 Å². The van der Waals surface area contributed by atoms with Crippen LogP contribution < -0.4 is 14.4 Å². The molecule has 0 aliphatic carbocycles. The van der Waals surface area contributed by atoms with Gasteiger partial charge in [0.25, 0.3) is 11.6 Å². The maximum atomic E-state index is 11.8. The molecule has 0 bridgehead atoms. The zero-order valence-corrected chi connectivity index (χ0v) is 16.4. The summed E-state index contributed by atoms with van der Waals surface area (Å²) in [6.07, 6.45) is 3.13. The number of ether oxygens (including phenoxy) is 2. The van der Waals surface area contributed by atoms with Gasteiger partial charge in [-0.2, -0.15) is 0 Å². The Morgan fingerprint density at radius 1 is 1.04 bits per heavy atom. The van der Waals surface area contributed by atoms with Crippen LogP contribution in [0.25, 0.3) is 0 Å². The normalized spacial score (nSPS) is 22.0. The number of amidine groups is 1. The average molecular weight is 388 g/mol. The summed E-state index contributed by atoms with van der Waals surface area (Å²) in [5.41, 5.74) is 0.725. The van der Waals surface area contributed by atoms with E-state index in [0.717, 1.165) is 42.9 Å². The molecule has 0 amide bonds. The van der Waals surface area contributed by atoms with Gasteiger partial charge in [-0.1, -0.05) is 11.6 Å². The summed E-state index contributed by atoms with van der Waals surface area (Å²) in [5, 5.41) is 12.5. The molecule has 0 unspecified atom stereocenters. The van der Waals surface area contributed by atoms with Crippen molar-refractivity contribution in [2.45, 2.75) is 25.0 Å². The van der Waals surface area contributed by atoms with Crippen molar-refractivity contribution in [3.63, 3.8) is 0 Å². The first-order chi connectivity index (χ1) is 13.1. The summed E-state index contributed by atoms with van der Waals surface area (Å²) in [4.78, 5) is 2.20. The number of β-amino-alcohol motifs (C(OH)–C–C–N with tert-alkyl or cyclic N) is 1. The van der Waals surface area contributed by atoms with Crippen molar-refractivity contribution < 1.29 is 19.2 Å². The van der Waals surface area contributed by atoms with Gasteiger partial charge < -0.3 is 14.6 Å². The highest BCUT2D eigenvalue weighted by atomic mass is 35.5. The molecule has 0 saturated carbocycles. The van der Waals surface area contributed by atoms with E-state index in [-0.39, 0.29) is 0 Å². The molecule has 5 nitrogen and oxygen atoms in total. The lowest BCUT2D eigenvalue weighted by Gasteiger charge is -2.25. The Morgan fingerprint density at radius 3 is 2.48 bits per heavy atom. The number of hydrogen-bond donors (Lipinski definition) is 1. The monoisotopic (exact) mass is 387 g/mol. The highest BCUT2D eigenvalue weighted by Gasteiger charge is 2.52. The van der Waals surface area contributed by atoms with Gasteiger partial charge in [0.1, 0.15) is 5.69 Å². The Kier molecular flexibility index (Phi) is 4.74. The highest BCUT2D eigenvalue weighted by molar-refractivity contribution is 6.30. The largest absolute Gasteiger partial charge is 0.493 e. The fourth-order valence-corrected chi connectivity index (χ4v) is 4.21. The summed E-state index contributed by atoms with van der Waals surface area (Å²) in [7, 11) is 3.22. The molecule has 2 aromatic rings. The average Bonchev–Trinajstić information content (AvgIpc) is 3.02. The Hall–Kier alpha value is -2.24. The lowest BCUT2D eigenvalue weighted by Crippen LogP contribution is -2.41. The van der Waals surface area contributed by atoms with Gasteiger partial charge in [-0.05, 0) is 55.3 Å². The van der Waals surface area contributed by atoms with Crippen molar-refractivity contribution in [3.8, 4) is 11.5 Å². The summed E-state index contributed by atoms with van der Waals surface area (Å²) < 4.78 is 12.9. The van der Waals surface area contributed by atoms with Gasteiger partial charge in [0, 0.05) is 17.0 Å². The number of benzene rings is 2. The molecule has 0 fully saturated rings. The minimum Gasteiger partial charge on any atom is -0.493 e. The summed E-state index contributed by atoms with van der Waals surface area (Å²) in [6, 6.07) is 13.4. The fraction of sp³-hybridized carbons (Fsp3) is 0.381. The van der Waals surface area contributed by atoms with Crippen molar-refractivity contribution >= 4 is 23.1 Å². The maximum absolute atomic E-state index is 11.8. The SMILES string of the molecule is COc1ccc([C@@]2(O)CN(c3ccc(Cl)cc3)C3=[N+]2CCCC3)cc1OC. The van der Waals surface area contributed by atoms with Gasteiger partial charge in [0.05, 0.1) is 20.8 Å². The maximum Gasteiger partial charge on any atom is 0.271 e. The van der Waals surface area contributed by atoms with Crippen LogP contribution in [0.4, 0.5) is 5.69 Å². The van der Waals surface area contributed by atoms with Gasteiger partial charge in [-0.15, -0.1) is 0 Å². The third-order valence-electron chi connectivity index (χ3n) is 5.46. The number of hydrogen-bond acceptors (Lipinski definition) is 4. The van der Waals surface area contributed by atoms with Crippen LogP contribution in [0.15, 0.2) is 42.5 Å². The van der Waals surface area contributed by atoms with Crippen molar-refractivity contribution in [3.05, 3.63) is 53.1 Å². The van der Waals surface area contributed by atoms with E-state index in [1.165, 1.54) is 0 Å². The predicted octanol–water partition coefficient (Wildman–Crippen LogP) is 3.62. The zero-order valence-electron chi connectivity index (χ0n) is 15.6. The second-order valence-electron chi connectivity index (χ2n) is 6.97. The van der Waals surface area contributed by atoms with Crippen LogP contribution >= 0.6 is 11.6 Å². The third kappa shape index (κ3) is 3.05. The quantitative estimate of drug-likeness (QED) is 0.814. The van der Waals surface area contributed by atoms with Crippen LogP contribution in [0.5, 0.6) is 11.5 Å². The Morgan fingerprint density at radius 2 is 1.78 bits per heavy atom. The molecule has 0 aromatic heterocycles. The Balaban J connectivity index is 1.78. The highest BCUT2D eigenvalue weighted by Crippen LogP contribution is 2.39. The minimum absolute atomic E-state index is 0.458. The lowest BCUT2D eigenvalue weighted by molar-refractivity contribution is -0.661. The number of halogens is 1. The first-order valence-electron chi connectivity index (χ1n) is 9.18. The van der Waals surface area contributed by atoms with E-state index in [1.54, 1.807) is 14.2 Å². The van der Waals surface area contributed by atoms with Crippen LogP contribution in [0, 0.1) is 0 Å². The standard InChI is InChI=1S/C21H24ClN2O3/c1-26-18-11-6-15(13-19(18)27-2)21(25)14-23(17-9-7-16(22)8-10-17)20-5-3-4-12-24(20)21/h6-11,13,25H,3-5,12,14H2,1-2H3/q+1/t21-/m0/s1. The smallest absolute Gasteiger partial charge is 0.271 e. The molecule has 142 valence electrons. The number of rotatable bonds is 4. The Bertz CT molecular complexity index is 881. The summed E-state index contributed by atoms with van der Waals surface area (Å²) >= 11 is 6.06. The first-order valence-corrected chi connectivity index (χ1v) is 9.56. The van der Waals surface area contributed by atoms with Crippen LogP contribution in [-0.4, -0.2) is 42.8 Å². The molecule has 4 rings (SSSR count). The molecule has 2 aromatic carbocycles. The van der Waals surface area contributed by atoms with E-state index in [0.29, 0.717) is 23.1 Å². The fourth-order valence-electron chi connectivity index (χ4n) is 4.09. The predicted molar refractivity (Wildman–Crippen MR) is 106 cm³/mol. The van der Waals surface area contributed by atoms with Gasteiger partial charge in [-0.25, -0.2) is 9.48 Å². The van der Waals surface area contributed by atoms with E-state index < -0.39 is 5.72 Å². The second-order valence-corrected chi connectivity index (χ2v) is 7.41. The summed E-state index contributed by atoms with van der Waals surface area (Å²) in [5.74, 6) is 2.42. The van der Waals surface area contributed by atoms with Crippen LogP contribution in [0.3, 0.4) is 0 Å². The Labute approximate surface area is 164 Å². The van der Waals surface area contributed by atoms with Gasteiger partial charge in [-0.3, -0.25) is 0 Å². The van der Waals surface area contributed by atoms with Crippen LogP contribution in [0.2, 0.25) is 5.02 Å². The van der Waals surface area contributed by atoms with Gasteiger partial charge >= 0.3 is 0 Å².